The number of aryl methyl sites for hydroxylation is 1. The van der Waals surface area contributed by atoms with Crippen LogP contribution in [0.1, 0.15) is 49.3 Å². The molecule has 2 aromatic heterocycles. The summed E-state index contributed by atoms with van der Waals surface area (Å²) in [5.74, 6) is 1.07. The zero-order valence-electron chi connectivity index (χ0n) is 15.6. The lowest BCUT2D eigenvalue weighted by molar-refractivity contribution is 0.126. The van der Waals surface area contributed by atoms with E-state index in [1.807, 2.05) is 12.4 Å². The summed E-state index contributed by atoms with van der Waals surface area (Å²) in [6.07, 6.45) is 10.2. The summed E-state index contributed by atoms with van der Waals surface area (Å²) in [5, 5.41) is 25.5. The number of hydrogen-bond acceptors (Lipinski definition) is 7. The van der Waals surface area contributed by atoms with Crippen LogP contribution in [0.5, 0.6) is 0 Å². The predicted molar refractivity (Wildman–Crippen MR) is 104 cm³/mol. The highest BCUT2D eigenvalue weighted by Crippen LogP contribution is 2.23. The molecule has 3 rings (SSSR count). The number of aliphatic hydroxyl groups excluding tert-OH is 1. The van der Waals surface area contributed by atoms with Gasteiger partial charge in [-0.25, -0.2) is 4.98 Å². The summed E-state index contributed by atoms with van der Waals surface area (Å²) in [6, 6.07) is 4.54. The fourth-order valence-corrected chi connectivity index (χ4v) is 3.26. The van der Waals surface area contributed by atoms with Crippen molar-refractivity contribution in [2.75, 3.05) is 17.2 Å². The highest BCUT2D eigenvalue weighted by atomic mass is 16.3. The third-order valence-corrected chi connectivity index (χ3v) is 4.90. The van der Waals surface area contributed by atoms with E-state index in [9.17, 15) is 10.4 Å². The summed E-state index contributed by atoms with van der Waals surface area (Å²) in [5.41, 5.74) is 2.84. The normalized spacial score (nSPS) is 19.3. The molecule has 3 N–H and O–H groups in total. The molecule has 0 saturated heterocycles. The van der Waals surface area contributed by atoms with E-state index in [1.165, 1.54) is 11.1 Å². The van der Waals surface area contributed by atoms with Gasteiger partial charge in [-0.1, -0.05) is 13.0 Å². The minimum Gasteiger partial charge on any atom is -0.393 e. The second-order valence-corrected chi connectivity index (χ2v) is 6.95. The van der Waals surface area contributed by atoms with Gasteiger partial charge in [-0.15, -0.1) is 0 Å². The maximum atomic E-state index is 9.64. The molecule has 0 unspecified atom stereocenters. The third-order valence-electron chi connectivity index (χ3n) is 4.90. The minimum absolute atomic E-state index is 0.207. The van der Waals surface area contributed by atoms with Crippen molar-refractivity contribution in [3.8, 4) is 6.07 Å². The van der Waals surface area contributed by atoms with Gasteiger partial charge in [0.05, 0.1) is 12.3 Å². The smallest absolute Gasteiger partial charge is 0.224 e. The summed E-state index contributed by atoms with van der Waals surface area (Å²) in [7, 11) is 0. The Morgan fingerprint density at radius 2 is 1.96 bits per heavy atom. The molecule has 1 aliphatic rings. The molecule has 0 atom stereocenters. The molecule has 7 nitrogen and oxygen atoms in total. The Balaban J connectivity index is 1.59. The first-order valence-corrected chi connectivity index (χ1v) is 9.56. The second-order valence-electron chi connectivity index (χ2n) is 6.95. The topological polar surface area (TPSA) is 107 Å². The molecule has 0 radical (unpaired) electrons. The van der Waals surface area contributed by atoms with Crippen molar-refractivity contribution >= 4 is 11.8 Å². The Kier molecular flexibility index (Phi) is 6.55. The number of hydrogen-bond donors (Lipinski definition) is 3. The van der Waals surface area contributed by atoms with Crippen molar-refractivity contribution in [3.05, 3.63) is 41.3 Å². The Labute approximate surface area is 159 Å². The van der Waals surface area contributed by atoms with Crippen molar-refractivity contribution in [1.29, 1.82) is 5.26 Å². The SMILES string of the molecule is CCc1cncc(CCNc2ncc(C#N)c(N[C@H]3CC[C@@H](O)CC3)n2)c1. The molecule has 0 spiro atoms. The number of nitrogens with one attached hydrogen (secondary N) is 2. The summed E-state index contributed by atoms with van der Waals surface area (Å²) < 4.78 is 0. The number of aromatic nitrogens is 3. The lowest BCUT2D eigenvalue weighted by Gasteiger charge is -2.26. The number of nitrogens with zero attached hydrogens (tertiary/aromatic N) is 4. The number of nitriles is 1. The van der Waals surface area contributed by atoms with E-state index in [2.05, 4.69) is 44.6 Å². The Hall–Kier alpha value is -2.72. The summed E-state index contributed by atoms with van der Waals surface area (Å²) in [4.78, 5) is 13.0. The van der Waals surface area contributed by atoms with Crippen LogP contribution in [-0.2, 0) is 12.8 Å². The molecule has 0 bridgehead atoms. The van der Waals surface area contributed by atoms with E-state index in [0.717, 1.165) is 38.5 Å². The zero-order chi connectivity index (χ0) is 19.1. The fourth-order valence-electron chi connectivity index (χ4n) is 3.26. The monoisotopic (exact) mass is 366 g/mol. The Morgan fingerprint density at radius 1 is 1.19 bits per heavy atom. The molecular formula is C20H26N6O. The minimum atomic E-state index is -0.207. The van der Waals surface area contributed by atoms with Gasteiger partial charge in [0.2, 0.25) is 5.95 Å². The summed E-state index contributed by atoms with van der Waals surface area (Å²) >= 11 is 0. The van der Waals surface area contributed by atoms with E-state index >= 15 is 0 Å². The average molecular weight is 366 g/mol. The standard InChI is InChI=1S/C20H26N6O/c1-2-14-9-15(12-22-11-14)7-8-23-20-24-13-16(10-21)19(26-20)25-17-3-5-18(27)6-4-17/h9,11-13,17-18,27H,2-8H2,1H3,(H2,23,24,25,26)/t17-,18+. The van der Waals surface area contributed by atoms with Crippen LogP contribution >= 0.6 is 0 Å². The van der Waals surface area contributed by atoms with Crippen molar-refractivity contribution in [1.82, 2.24) is 15.0 Å². The van der Waals surface area contributed by atoms with Gasteiger partial charge in [0.25, 0.3) is 0 Å². The number of aliphatic hydroxyl groups is 1. The molecule has 142 valence electrons. The van der Waals surface area contributed by atoms with E-state index < -0.39 is 0 Å². The first-order chi connectivity index (χ1) is 13.2. The predicted octanol–water partition coefficient (Wildman–Crippen LogP) is 2.68. The van der Waals surface area contributed by atoms with Gasteiger partial charge in [-0.3, -0.25) is 4.98 Å². The first-order valence-electron chi connectivity index (χ1n) is 9.56. The zero-order valence-corrected chi connectivity index (χ0v) is 15.6. The molecule has 0 aromatic carbocycles. The van der Waals surface area contributed by atoms with Gasteiger partial charge in [0.1, 0.15) is 17.5 Å². The Bertz CT molecular complexity index is 795. The van der Waals surface area contributed by atoms with E-state index in [-0.39, 0.29) is 12.1 Å². The molecule has 0 aliphatic heterocycles. The molecule has 0 amide bonds. The van der Waals surface area contributed by atoms with Crippen LogP contribution in [0.2, 0.25) is 0 Å². The van der Waals surface area contributed by atoms with Crippen LogP contribution in [0.4, 0.5) is 11.8 Å². The highest BCUT2D eigenvalue weighted by Gasteiger charge is 2.20. The van der Waals surface area contributed by atoms with Crippen molar-refractivity contribution in [2.24, 2.45) is 0 Å². The lowest BCUT2D eigenvalue weighted by atomic mass is 9.93. The molecule has 7 heteroatoms. The maximum Gasteiger partial charge on any atom is 0.224 e. The van der Waals surface area contributed by atoms with Crippen molar-refractivity contribution < 1.29 is 5.11 Å². The van der Waals surface area contributed by atoms with Gasteiger partial charge >= 0.3 is 0 Å². The van der Waals surface area contributed by atoms with E-state index in [0.29, 0.717) is 23.9 Å². The first kappa shape index (κ1) is 19.1. The quantitative estimate of drug-likeness (QED) is 0.691. The largest absolute Gasteiger partial charge is 0.393 e. The molecule has 2 heterocycles. The fraction of sp³-hybridized carbons (Fsp3) is 0.500. The van der Waals surface area contributed by atoms with Gasteiger partial charge in [0, 0.05) is 25.0 Å². The third kappa shape index (κ3) is 5.38. The van der Waals surface area contributed by atoms with Crippen molar-refractivity contribution in [2.45, 2.75) is 57.6 Å². The molecule has 1 aliphatic carbocycles. The average Bonchev–Trinajstić information content (AvgIpc) is 2.70. The lowest BCUT2D eigenvalue weighted by Crippen LogP contribution is -2.29. The van der Waals surface area contributed by atoms with E-state index in [1.54, 1.807) is 6.20 Å². The summed E-state index contributed by atoms with van der Waals surface area (Å²) in [6.45, 7) is 2.81. The Morgan fingerprint density at radius 3 is 2.70 bits per heavy atom. The van der Waals surface area contributed by atoms with Gasteiger partial charge in [-0.2, -0.15) is 10.2 Å². The molecular weight excluding hydrogens is 340 g/mol. The second kappa shape index (κ2) is 9.28. The van der Waals surface area contributed by atoms with Crippen LogP contribution in [0, 0.1) is 11.3 Å². The number of rotatable bonds is 7. The number of anilines is 2. The van der Waals surface area contributed by atoms with Crippen LogP contribution in [-0.4, -0.2) is 38.7 Å². The number of pyridine rings is 1. The van der Waals surface area contributed by atoms with Crippen LogP contribution in [0.25, 0.3) is 0 Å². The van der Waals surface area contributed by atoms with Gasteiger partial charge in [-0.05, 0) is 49.7 Å². The van der Waals surface area contributed by atoms with Crippen molar-refractivity contribution in [3.63, 3.8) is 0 Å². The van der Waals surface area contributed by atoms with Crippen LogP contribution in [0.15, 0.2) is 24.7 Å². The van der Waals surface area contributed by atoms with Gasteiger partial charge < -0.3 is 15.7 Å². The maximum absolute atomic E-state index is 9.64. The van der Waals surface area contributed by atoms with Gasteiger partial charge in [0.15, 0.2) is 0 Å². The van der Waals surface area contributed by atoms with Crippen LogP contribution < -0.4 is 10.6 Å². The molecule has 1 fully saturated rings. The highest BCUT2D eigenvalue weighted by molar-refractivity contribution is 5.54. The van der Waals surface area contributed by atoms with Crippen LogP contribution in [0.3, 0.4) is 0 Å². The van der Waals surface area contributed by atoms with E-state index in [4.69, 9.17) is 0 Å². The molecule has 2 aromatic rings. The molecule has 27 heavy (non-hydrogen) atoms. The molecule has 1 saturated carbocycles.